The molecule has 1 saturated carbocycles. The topological polar surface area (TPSA) is 75.7 Å². The number of amides is 3. The van der Waals surface area contributed by atoms with Gasteiger partial charge in [-0.25, -0.2) is 18.9 Å². The van der Waals surface area contributed by atoms with Gasteiger partial charge in [-0.2, -0.15) is 0 Å². The second-order valence-electron chi connectivity index (χ2n) is 5.54. The van der Waals surface area contributed by atoms with Gasteiger partial charge in [0.25, 0.3) is 12.2 Å². The molecule has 1 aliphatic heterocycles. The zero-order valence-electron chi connectivity index (χ0n) is 12.2. The van der Waals surface area contributed by atoms with Crippen LogP contribution in [0.25, 0.3) is 0 Å². The zero-order chi connectivity index (χ0) is 15.5. The van der Waals surface area contributed by atoms with Gasteiger partial charge in [0, 0.05) is 0 Å². The molecule has 3 amide bonds. The van der Waals surface area contributed by atoms with Crippen LogP contribution in [0, 0.1) is 0 Å². The van der Waals surface area contributed by atoms with Crippen molar-refractivity contribution in [3.63, 3.8) is 0 Å². The van der Waals surface area contributed by atoms with Crippen LogP contribution in [0.5, 0.6) is 0 Å². The predicted octanol–water partition coefficient (Wildman–Crippen LogP) is 1.88. The first-order valence-corrected chi connectivity index (χ1v) is 7.48. The van der Waals surface area contributed by atoms with E-state index >= 15 is 0 Å². The summed E-state index contributed by atoms with van der Waals surface area (Å²) in [5, 5.41) is 2.60. The number of imide groups is 1. The molecule has 0 aromatic rings. The summed E-state index contributed by atoms with van der Waals surface area (Å²) in [4.78, 5) is 36.3. The maximum absolute atomic E-state index is 14.1. The van der Waals surface area contributed by atoms with Gasteiger partial charge in [0.2, 0.25) is 0 Å². The highest BCUT2D eigenvalue weighted by atomic mass is 19.1. The van der Waals surface area contributed by atoms with E-state index in [1.54, 1.807) is 0 Å². The van der Waals surface area contributed by atoms with Crippen molar-refractivity contribution in [3.05, 3.63) is 0 Å². The largest absolute Gasteiger partial charge is 0.462 e. The van der Waals surface area contributed by atoms with E-state index in [0.717, 1.165) is 32.1 Å². The molecule has 2 fully saturated rings. The van der Waals surface area contributed by atoms with Crippen LogP contribution in [0.4, 0.5) is 9.18 Å². The Hall–Kier alpha value is -1.66. The predicted molar refractivity (Wildman–Crippen MR) is 72.0 cm³/mol. The lowest BCUT2D eigenvalue weighted by Gasteiger charge is -2.28. The summed E-state index contributed by atoms with van der Waals surface area (Å²) in [7, 11) is 0. The molecule has 2 rings (SSSR count). The summed E-state index contributed by atoms with van der Waals surface area (Å²) in [5.74, 6) is -1.85. The first-order valence-electron chi connectivity index (χ1n) is 7.48. The molecule has 118 valence electrons. The number of carbonyl (C=O) groups is 3. The molecule has 0 radical (unpaired) electrons. The third-order valence-electron chi connectivity index (χ3n) is 4.11. The maximum Gasteiger partial charge on any atom is 0.362 e. The second kappa shape index (κ2) is 6.41. The van der Waals surface area contributed by atoms with E-state index in [1.165, 1.54) is 6.92 Å². The fourth-order valence-electron chi connectivity index (χ4n) is 3.01. The molecule has 7 heteroatoms. The van der Waals surface area contributed by atoms with Crippen molar-refractivity contribution in [1.82, 2.24) is 10.2 Å². The van der Waals surface area contributed by atoms with Gasteiger partial charge in [-0.15, -0.1) is 0 Å². The number of ether oxygens (including phenoxy) is 1. The Kier molecular flexibility index (Phi) is 4.80. The Balaban J connectivity index is 2.16. The maximum atomic E-state index is 14.1. The molecule has 1 unspecified atom stereocenters. The highest BCUT2D eigenvalue weighted by Crippen LogP contribution is 2.33. The normalized spacial score (nSPS) is 23.4. The Morgan fingerprint density at radius 1 is 1.29 bits per heavy atom. The van der Waals surface area contributed by atoms with Crippen molar-refractivity contribution in [2.75, 3.05) is 6.61 Å². The van der Waals surface area contributed by atoms with E-state index in [-0.39, 0.29) is 6.61 Å². The number of hydrogen-bond donors (Lipinski definition) is 1. The van der Waals surface area contributed by atoms with E-state index in [1.807, 2.05) is 0 Å². The van der Waals surface area contributed by atoms with Gasteiger partial charge in [0.1, 0.15) is 5.54 Å². The summed E-state index contributed by atoms with van der Waals surface area (Å²) in [5.41, 5.74) is -1.05. The van der Waals surface area contributed by atoms with E-state index in [2.05, 4.69) is 10.1 Å². The van der Waals surface area contributed by atoms with Crippen molar-refractivity contribution < 1.29 is 23.5 Å². The lowest BCUT2D eigenvalue weighted by molar-refractivity contribution is -0.159. The van der Waals surface area contributed by atoms with Crippen molar-refractivity contribution in [2.24, 2.45) is 0 Å². The summed E-state index contributed by atoms with van der Waals surface area (Å²) in [6.07, 6.45) is 3.29. The third kappa shape index (κ3) is 3.01. The van der Waals surface area contributed by atoms with Gasteiger partial charge in [0.05, 0.1) is 6.61 Å². The van der Waals surface area contributed by atoms with Crippen molar-refractivity contribution in [1.29, 1.82) is 0 Å². The first-order chi connectivity index (χ1) is 10.0. The molecule has 1 spiro atoms. The number of halogens is 1. The Bertz CT molecular complexity index is 433. The molecule has 21 heavy (non-hydrogen) atoms. The summed E-state index contributed by atoms with van der Waals surface area (Å²) in [6.45, 7) is 1.53. The molecule has 1 heterocycles. The van der Waals surface area contributed by atoms with E-state index in [0.29, 0.717) is 17.7 Å². The monoisotopic (exact) mass is 300 g/mol. The molecule has 0 aromatic carbocycles. The minimum absolute atomic E-state index is 0.00591. The average Bonchev–Trinajstić information content (AvgIpc) is 2.66. The van der Waals surface area contributed by atoms with E-state index in [9.17, 15) is 18.8 Å². The molecule has 1 N–H and O–H groups in total. The Morgan fingerprint density at radius 3 is 2.43 bits per heavy atom. The average molecular weight is 300 g/mol. The van der Waals surface area contributed by atoms with Gasteiger partial charge in [-0.3, -0.25) is 4.79 Å². The number of hydrogen-bond acceptors (Lipinski definition) is 4. The van der Waals surface area contributed by atoms with E-state index in [4.69, 9.17) is 0 Å². The highest BCUT2D eigenvalue weighted by molar-refractivity contribution is 6.09. The molecule has 6 nitrogen and oxygen atoms in total. The molecule has 1 atom stereocenters. The quantitative estimate of drug-likeness (QED) is 0.490. The molecule has 2 aliphatic rings. The number of nitrogens with one attached hydrogen (secondary N) is 1. The summed E-state index contributed by atoms with van der Waals surface area (Å²) >= 11 is 0. The second-order valence-corrected chi connectivity index (χ2v) is 5.54. The van der Waals surface area contributed by atoms with Crippen LogP contribution in [0.15, 0.2) is 0 Å². The summed E-state index contributed by atoms with van der Waals surface area (Å²) < 4.78 is 18.6. The number of alkyl halides is 1. The van der Waals surface area contributed by atoms with Crippen molar-refractivity contribution in [3.8, 4) is 0 Å². The SMILES string of the molecule is CCOC(=O)C(F)N1C(=O)NC2(CCCCCCC2)C1=O. The van der Waals surface area contributed by atoms with Crippen LogP contribution in [-0.4, -0.2) is 41.2 Å². The van der Waals surface area contributed by atoms with Crippen LogP contribution in [0.1, 0.15) is 51.9 Å². The number of rotatable bonds is 3. The molecule has 0 bridgehead atoms. The van der Waals surface area contributed by atoms with Crippen LogP contribution < -0.4 is 5.32 Å². The molecular formula is C14H21FN2O4. The summed E-state index contributed by atoms with van der Waals surface area (Å²) in [6, 6.07) is -0.846. The van der Waals surface area contributed by atoms with Crippen LogP contribution >= 0.6 is 0 Å². The lowest BCUT2D eigenvalue weighted by atomic mass is 9.84. The molecular weight excluding hydrogens is 279 g/mol. The van der Waals surface area contributed by atoms with Gasteiger partial charge >= 0.3 is 12.0 Å². The minimum Gasteiger partial charge on any atom is -0.462 e. The van der Waals surface area contributed by atoms with Crippen molar-refractivity contribution >= 4 is 17.9 Å². The van der Waals surface area contributed by atoms with Crippen molar-refractivity contribution in [2.45, 2.75) is 63.7 Å². The zero-order valence-corrected chi connectivity index (χ0v) is 12.2. The van der Waals surface area contributed by atoms with E-state index < -0.39 is 29.7 Å². The lowest BCUT2D eigenvalue weighted by Crippen LogP contribution is -2.49. The van der Waals surface area contributed by atoms with Crippen LogP contribution in [-0.2, 0) is 14.3 Å². The fraction of sp³-hybridized carbons (Fsp3) is 0.786. The van der Waals surface area contributed by atoms with Gasteiger partial charge in [0.15, 0.2) is 0 Å². The highest BCUT2D eigenvalue weighted by Gasteiger charge is 2.54. The van der Waals surface area contributed by atoms with Crippen LogP contribution in [0.2, 0.25) is 0 Å². The molecule has 1 saturated heterocycles. The number of urea groups is 1. The standard InChI is InChI=1S/C14H21FN2O4/c1-2-21-11(18)10(15)17-12(19)14(16-13(17)20)8-6-4-3-5-7-9-14/h10H,2-9H2,1H3,(H,16,20). The van der Waals surface area contributed by atoms with Gasteiger partial charge in [-0.1, -0.05) is 32.1 Å². The fourth-order valence-corrected chi connectivity index (χ4v) is 3.01. The minimum atomic E-state index is -2.37. The third-order valence-corrected chi connectivity index (χ3v) is 4.11. The number of esters is 1. The smallest absolute Gasteiger partial charge is 0.362 e. The first kappa shape index (κ1) is 15.7. The van der Waals surface area contributed by atoms with Gasteiger partial charge < -0.3 is 10.1 Å². The van der Waals surface area contributed by atoms with Gasteiger partial charge in [-0.05, 0) is 19.8 Å². The molecule has 0 aromatic heterocycles. The number of carbonyl (C=O) groups excluding carboxylic acids is 3. The Labute approximate surface area is 123 Å². The Morgan fingerprint density at radius 2 is 1.86 bits per heavy atom. The number of nitrogens with zero attached hydrogens (tertiary/aromatic N) is 1. The molecule has 1 aliphatic carbocycles. The van der Waals surface area contributed by atoms with Crippen LogP contribution in [0.3, 0.4) is 0 Å².